The molecule has 31 heavy (non-hydrogen) atoms. The highest BCUT2D eigenvalue weighted by molar-refractivity contribution is 6.15. The third-order valence-electron chi connectivity index (χ3n) is 4.18. The van der Waals surface area contributed by atoms with Crippen molar-refractivity contribution in [3.63, 3.8) is 0 Å². The molecule has 1 saturated heterocycles. The highest BCUT2D eigenvalue weighted by atomic mass is 19.3. The molecule has 0 aliphatic carbocycles. The van der Waals surface area contributed by atoms with Crippen molar-refractivity contribution in [1.82, 2.24) is 9.97 Å². The maximum atomic E-state index is 14.1. The van der Waals surface area contributed by atoms with Crippen molar-refractivity contribution >= 4 is 29.4 Å². The van der Waals surface area contributed by atoms with Crippen molar-refractivity contribution in [2.45, 2.75) is 6.61 Å². The number of ether oxygens (including phenoxy) is 2. The molecule has 12 heteroatoms. The quantitative estimate of drug-likeness (QED) is 0.391. The van der Waals surface area contributed by atoms with E-state index >= 15 is 0 Å². The van der Waals surface area contributed by atoms with Crippen LogP contribution in [0.4, 0.5) is 29.3 Å². The first-order chi connectivity index (χ1) is 14.9. The van der Waals surface area contributed by atoms with Gasteiger partial charge in [-0.3, -0.25) is 0 Å². The second-order valence-electron chi connectivity index (χ2n) is 6.25. The number of allylic oxidation sites excluding steroid dienone is 1. The normalized spacial score (nSPS) is 15.3. The van der Waals surface area contributed by atoms with Crippen molar-refractivity contribution in [3.05, 3.63) is 47.7 Å². The Morgan fingerprint density at radius 3 is 2.65 bits per heavy atom. The summed E-state index contributed by atoms with van der Waals surface area (Å²) >= 11 is 0. The van der Waals surface area contributed by atoms with Gasteiger partial charge in [-0.15, -0.1) is 0 Å². The standard InChI is InChI=1S/C19H18F4N6O2/c20-13-7-11(1-2-15(13)31-18(22)23)12(9-24)8-16(25)27-17-14(21)10-26-19(28-17)29-3-5-30-6-4-29/h1-2,7-10,18,24H,3-6H2,(H2,25,26,27,28)/b12-8+,24-9?. The van der Waals surface area contributed by atoms with Gasteiger partial charge < -0.3 is 25.5 Å². The van der Waals surface area contributed by atoms with Gasteiger partial charge in [-0.05, 0) is 23.8 Å². The summed E-state index contributed by atoms with van der Waals surface area (Å²) in [5.74, 6) is -2.73. The molecule has 0 atom stereocenters. The van der Waals surface area contributed by atoms with Crippen molar-refractivity contribution in [1.29, 1.82) is 5.41 Å². The van der Waals surface area contributed by atoms with Crippen LogP contribution < -0.4 is 15.4 Å². The number of nitrogens with zero attached hydrogens (tertiary/aromatic N) is 4. The van der Waals surface area contributed by atoms with Crippen LogP contribution in [0.25, 0.3) is 5.57 Å². The minimum Gasteiger partial charge on any atom is -0.432 e. The van der Waals surface area contributed by atoms with Gasteiger partial charge in [0.2, 0.25) is 5.95 Å². The summed E-state index contributed by atoms with van der Waals surface area (Å²) in [7, 11) is 0. The van der Waals surface area contributed by atoms with Gasteiger partial charge in [-0.1, -0.05) is 6.07 Å². The number of anilines is 1. The summed E-state index contributed by atoms with van der Waals surface area (Å²) in [6.45, 7) is -1.11. The van der Waals surface area contributed by atoms with Gasteiger partial charge in [-0.25, -0.2) is 18.8 Å². The molecule has 0 saturated carbocycles. The number of nitrogens with one attached hydrogen (secondary N) is 1. The van der Waals surface area contributed by atoms with Gasteiger partial charge in [-0.2, -0.15) is 13.8 Å². The highest BCUT2D eigenvalue weighted by Gasteiger charge is 2.16. The Kier molecular flexibility index (Phi) is 7.13. The van der Waals surface area contributed by atoms with Crippen molar-refractivity contribution in [3.8, 4) is 5.75 Å². The van der Waals surface area contributed by atoms with Crippen LogP contribution in [-0.2, 0) is 4.74 Å². The zero-order valence-corrected chi connectivity index (χ0v) is 16.1. The SMILES string of the molecule is N=C/C(=C\C(N)=Nc1nc(N2CCOCC2)ncc1F)c1ccc(OC(F)F)c(F)c1. The fourth-order valence-corrected chi connectivity index (χ4v) is 2.74. The lowest BCUT2D eigenvalue weighted by Gasteiger charge is -2.26. The van der Waals surface area contributed by atoms with E-state index in [4.69, 9.17) is 15.9 Å². The summed E-state index contributed by atoms with van der Waals surface area (Å²) in [6.07, 6.45) is 3.04. The van der Waals surface area contributed by atoms with Crippen LogP contribution in [0, 0.1) is 17.0 Å². The van der Waals surface area contributed by atoms with E-state index < -0.39 is 24.0 Å². The highest BCUT2D eigenvalue weighted by Crippen LogP contribution is 2.24. The van der Waals surface area contributed by atoms with E-state index in [-0.39, 0.29) is 28.7 Å². The number of aliphatic imine (C=N–C) groups is 1. The topological polar surface area (TPSA) is 110 Å². The number of halogens is 4. The van der Waals surface area contributed by atoms with E-state index in [1.54, 1.807) is 0 Å². The van der Waals surface area contributed by atoms with Crippen molar-refractivity contribution in [2.24, 2.45) is 10.7 Å². The second kappa shape index (κ2) is 9.98. The first-order valence-corrected chi connectivity index (χ1v) is 9.03. The van der Waals surface area contributed by atoms with Gasteiger partial charge in [0.25, 0.3) is 0 Å². The Morgan fingerprint density at radius 2 is 2.00 bits per heavy atom. The lowest BCUT2D eigenvalue weighted by molar-refractivity contribution is -0.0521. The van der Waals surface area contributed by atoms with Gasteiger partial charge in [0.1, 0.15) is 5.84 Å². The molecule has 2 heterocycles. The molecule has 0 spiro atoms. The lowest BCUT2D eigenvalue weighted by Crippen LogP contribution is -2.37. The van der Waals surface area contributed by atoms with Crippen LogP contribution in [0.2, 0.25) is 0 Å². The number of hydrogen-bond acceptors (Lipinski definition) is 7. The second-order valence-corrected chi connectivity index (χ2v) is 6.25. The van der Waals surface area contributed by atoms with Crippen LogP contribution in [0.15, 0.2) is 35.5 Å². The van der Waals surface area contributed by atoms with E-state index in [0.717, 1.165) is 24.5 Å². The summed E-state index contributed by atoms with van der Waals surface area (Å²) in [5, 5.41) is 7.52. The lowest BCUT2D eigenvalue weighted by atomic mass is 10.1. The Balaban J connectivity index is 1.86. The molecule has 8 nitrogen and oxygen atoms in total. The van der Waals surface area contributed by atoms with Gasteiger partial charge in [0.15, 0.2) is 23.2 Å². The van der Waals surface area contributed by atoms with Crippen LogP contribution in [0.1, 0.15) is 5.56 Å². The van der Waals surface area contributed by atoms with E-state index in [9.17, 15) is 17.6 Å². The molecule has 164 valence electrons. The number of benzene rings is 1. The first-order valence-electron chi connectivity index (χ1n) is 9.03. The van der Waals surface area contributed by atoms with Gasteiger partial charge in [0, 0.05) is 24.9 Å². The van der Waals surface area contributed by atoms with E-state index in [0.29, 0.717) is 26.3 Å². The molecule has 3 N–H and O–H groups in total. The summed E-state index contributed by atoms with van der Waals surface area (Å²) in [6, 6.07) is 3.18. The Hall–Kier alpha value is -3.54. The summed E-state index contributed by atoms with van der Waals surface area (Å²) < 4.78 is 61.9. The summed E-state index contributed by atoms with van der Waals surface area (Å²) in [5.41, 5.74) is 6.10. The van der Waals surface area contributed by atoms with E-state index in [1.165, 1.54) is 12.1 Å². The molecule has 1 aromatic carbocycles. The molecule has 1 aliphatic heterocycles. The molecule has 2 aromatic rings. The molecule has 0 unspecified atom stereocenters. The molecule has 0 radical (unpaired) electrons. The third kappa shape index (κ3) is 5.75. The molecular weight excluding hydrogens is 420 g/mol. The number of morpholine rings is 1. The van der Waals surface area contributed by atoms with Crippen LogP contribution in [0.3, 0.4) is 0 Å². The van der Waals surface area contributed by atoms with E-state index in [1.807, 2.05) is 4.90 Å². The predicted molar refractivity (Wildman–Crippen MR) is 106 cm³/mol. The average Bonchev–Trinajstić information content (AvgIpc) is 2.75. The Bertz CT molecular complexity index is 1010. The number of rotatable bonds is 7. The molecule has 0 bridgehead atoms. The Labute approximate surface area is 174 Å². The van der Waals surface area contributed by atoms with Crippen molar-refractivity contribution in [2.75, 3.05) is 31.2 Å². The minimum absolute atomic E-state index is 0.103. The molecule has 3 rings (SSSR count). The fourth-order valence-electron chi connectivity index (χ4n) is 2.74. The number of amidine groups is 1. The smallest absolute Gasteiger partial charge is 0.387 e. The van der Waals surface area contributed by atoms with E-state index in [2.05, 4.69) is 19.7 Å². The van der Waals surface area contributed by atoms with Crippen molar-refractivity contribution < 1.29 is 27.0 Å². The number of alkyl halides is 2. The molecule has 1 aliphatic rings. The van der Waals surface area contributed by atoms with Crippen LogP contribution >= 0.6 is 0 Å². The zero-order valence-electron chi connectivity index (χ0n) is 16.1. The fraction of sp³-hybridized carbons (Fsp3) is 0.263. The molecule has 1 aromatic heterocycles. The predicted octanol–water partition coefficient (Wildman–Crippen LogP) is 2.91. The van der Waals surface area contributed by atoms with Crippen LogP contribution in [0.5, 0.6) is 5.75 Å². The summed E-state index contributed by atoms with van der Waals surface area (Å²) in [4.78, 5) is 13.8. The maximum absolute atomic E-state index is 14.1. The maximum Gasteiger partial charge on any atom is 0.387 e. The average molecular weight is 438 g/mol. The van der Waals surface area contributed by atoms with Gasteiger partial charge >= 0.3 is 6.61 Å². The Morgan fingerprint density at radius 1 is 1.26 bits per heavy atom. The number of hydrogen-bond donors (Lipinski definition) is 2. The van der Waals surface area contributed by atoms with Gasteiger partial charge in [0.05, 0.1) is 19.4 Å². The van der Waals surface area contributed by atoms with Crippen LogP contribution in [-0.4, -0.2) is 54.9 Å². The third-order valence-corrected chi connectivity index (χ3v) is 4.18. The largest absolute Gasteiger partial charge is 0.432 e. The molecule has 0 amide bonds. The molecule has 1 fully saturated rings. The number of nitrogens with two attached hydrogens (primary N) is 1. The monoisotopic (exact) mass is 438 g/mol. The number of aromatic nitrogens is 2. The molecular formula is C19H18F4N6O2. The minimum atomic E-state index is -3.18. The zero-order chi connectivity index (χ0) is 22.4. The first kappa shape index (κ1) is 22.2.